The minimum absolute atomic E-state index is 0.0573. The second-order valence-electron chi connectivity index (χ2n) is 6.70. The maximum atomic E-state index is 12.7. The van der Waals surface area contributed by atoms with Crippen LogP contribution in [0.25, 0.3) is 0 Å². The standard InChI is InChI=1S/C18H20O3Se/c19-16-8-4-5-12-9-14-10-13(18(12,16)17(20)21-14)11-22-15-6-2-1-3-7-15/h1-3,6-7,12-14H,4-5,8-11H2/t12-,13-,14+,18-/m0/s1. The molecule has 1 aromatic carbocycles. The topological polar surface area (TPSA) is 43.4 Å². The maximum absolute atomic E-state index is 12.7. The van der Waals surface area contributed by atoms with Crippen LogP contribution in [0.3, 0.4) is 0 Å². The van der Waals surface area contributed by atoms with Gasteiger partial charge in [0.2, 0.25) is 0 Å². The molecular formula is C18H20O3Se. The molecule has 5 rings (SSSR count). The zero-order valence-electron chi connectivity index (χ0n) is 12.5. The van der Waals surface area contributed by atoms with Crippen LogP contribution in [0.5, 0.6) is 0 Å². The molecule has 0 amide bonds. The van der Waals surface area contributed by atoms with Gasteiger partial charge in [-0.1, -0.05) is 0 Å². The van der Waals surface area contributed by atoms with Crippen LogP contribution in [0.15, 0.2) is 30.3 Å². The van der Waals surface area contributed by atoms with E-state index in [-0.39, 0.29) is 29.7 Å². The van der Waals surface area contributed by atoms with E-state index in [2.05, 4.69) is 24.3 Å². The molecule has 1 aromatic rings. The SMILES string of the molecule is O=C1CCC[C@H]2C[C@@H]3C[C@@H](C[Se]c4ccccc4)[C@]12C(=O)O3. The predicted molar refractivity (Wildman–Crippen MR) is 84.0 cm³/mol. The molecule has 2 bridgehead atoms. The molecule has 1 spiro atoms. The molecule has 3 nitrogen and oxygen atoms in total. The molecular weight excluding hydrogens is 343 g/mol. The molecule has 2 saturated heterocycles. The van der Waals surface area contributed by atoms with E-state index < -0.39 is 5.41 Å². The third-order valence-corrected chi connectivity index (χ3v) is 8.07. The third-order valence-electron chi connectivity index (χ3n) is 5.61. The molecule has 0 unspecified atom stereocenters. The Balaban J connectivity index is 1.61. The fourth-order valence-corrected chi connectivity index (χ4v) is 7.05. The average Bonchev–Trinajstić information content (AvgIpc) is 2.53. The molecule has 0 radical (unpaired) electrons. The van der Waals surface area contributed by atoms with Crippen LogP contribution in [0.4, 0.5) is 0 Å². The molecule has 2 aliphatic carbocycles. The Morgan fingerprint density at radius 1 is 1.18 bits per heavy atom. The summed E-state index contributed by atoms with van der Waals surface area (Å²) >= 11 is 0.320. The number of carbonyl (C=O) groups is 2. The van der Waals surface area contributed by atoms with Gasteiger partial charge in [-0.05, 0) is 0 Å². The Hall–Kier alpha value is -1.12. The first-order valence-electron chi connectivity index (χ1n) is 8.13. The van der Waals surface area contributed by atoms with E-state index in [4.69, 9.17) is 4.74 Å². The second kappa shape index (κ2) is 5.50. The van der Waals surface area contributed by atoms with Gasteiger partial charge in [0.1, 0.15) is 0 Å². The van der Waals surface area contributed by atoms with Gasteiger partial charge in [-0.25, -0.2) is 0 Å². The van der Waals surface area contributed by atoms with Crippen LogP contribution in [-0.4, -0.2) is 32.8 Å². The molecule has 116 valence electrons. The van der Waals surface area contributed by atoms with Gasteiger partial charge in [-0.2, -0.15) is 0 Å². The molecule has 4 fully saturated rings. The number of hydrogen-bond donors (Lipinski definition) is 0. The van der Waals surface area contributed by atoms with E-state index in [1.54, 1.807) is 0 Å². The predicted octanol–water partition coefficient (Wildman–Crippen LogP) is 2.13. The van der Waals surface area contributed by atoms with Crippen LogP contribution in [0.1, 0.15) is 32.1 Å². The Labute approximate surface area is 137 Å². The summed E-state index contributed by atoms with van der Waals surface area (Å²) in [5.41, 5.74) is -0.788. The molecule has 4 heteroatoms. The molecule has 2 heterocycles. The van der Waals surface area contributed by atoms with E-state index in [0.717, 1.165) is 31.0 Å². The van der Waals surface area contributed by atoms with Gasteiger partial charge in [0.15, 0.2) is 0 Å². The second-order valence-corrected chi connectivity index (χ2v) is 9.00. The first-order valence-corrected chi connectivity index (χ1v) is 10.2. The van der Waals surface area contributed by atoms with Gasteiger partial charge < -0.3 is 0 Å². The van der Waals surface area contributed by atoms with Crippen LogP contribution in [-0.2, 0) is 14.3 Å². The van der Waals surface area contributed by atoms with Gasteiger partial charge in [-0.15, -0.1) is 0 Å². The Kier molecular flexibility index (Phi) is 3.62. The normalized spacial score (nSPS) is 36.8. The fourth-order valence-electron chi connectivity index (χ4n) is 4.66. The van der Waals surface area contributed by atoms with Gasteiger partial charge in [0, 0.05) is 0 Å². The summed E-state index contributed by atoms with van der Waals surface area (Å²) in [7, 11) is 0. The summed E-state index contributed by atoms with van der Waals surface area (Å²) in [6.45, 7) is 0. The van der Waals surface area contributed by atoms with Crippen molar-refractivity contribution >= 4 is 31.2 Å². The first kappa shape index (κ1) is 14.5. The summed E-state index contributed by atoms with van der Waals surface area (Å²) in [6.07, 6.45) is 4.38. The summed E-state index contributed by atoms with van der Waals surface area (Å²) in [6, 6.07) is 10.4. The van der Waals surface area contributed by atoms with Gasteiger partial charge in [-0.3, -0.25) is 0 Å². The average molecular weight is 363 g/mol. The molecule has 4 atom stereocenters. The summed E-state index contributed by atoms with van der Waals surface area (Å²) in [5, 5.41) is 0.977. The van der Waals surface area contributed by atoms with E-state index >= 15 is 0 Å². The number of esters is 1. The van der Waals surface area contributed by atoms with E-state index in [9.17, 15) is 9.59 Å². The Bertz CT molecular complexity index is 590. The number of Topliss-reactive ketones (excluding diaryl/α,β-unsaturated/α-hetero) is 1. The number of rotatable bonds is 3. The van der Waals surface area contributed by atoms with Gasteiger partial charge >= 0.3 is 137 Å². The molecule has 2 saturated carbocycles. The summed E-state index contributed by atoms with van der Waals surface area (Å²) < 4.78 is 6.89. The van der Waals surface area contributed by atoms with E-state index in [1.165, 1.54) is 4.46 Å². The fraction of sp³-hybridized carbons (Fsp3) is 0.556. The zero-order chi connectivity index (χ0) is 15.2. The molecule has 2 aliphatic heterocycles. The number of ether oxygens (including phenoxy) is 1. The zero-order valence-corrected chi connectivity index (χ0v) is 14.2. The Morgan fingerprint density at radius 2 is 2.00 bits per heavy atom. The van der Waals surface area contributed by atoms with Gasteiger partial charge in [0.25, 0.3) is 0 Å². The Morgan fingerprint density at radius 3 is 2.82 bits per heavy atom. The number of ketones is 1. The molecule has 0 aromatic heterocycles. The number of hydrogen-bond acceptors (Lipinski definition) is 3. The first-order chi connectivity index (χ1) is 10.7. The molecule has 4 aliphatic rings. The van der Waals surface area contributed by atoms with Crippen molar-refractivity contribution in [2.24, 2.45) is 17.3 Å². The number of carbonyl (C=O) groups excluding carboxylic acids is 2. The van der Waals surface area contributed by atoms with Crippen LogP contribution in [0.2, 0.25) is 5.32 Å². The van der Waals surface area contributed by atoms with Crippen molar-refractivity contribution < 1.29 is 14.3 Å². The van der Waals surface area contributed by atoms with E-state index in [0.29, 0.717) is 21.4 Å². The van der Waals surface area contributed by atoms with Crippen LogP contribution in [0, 0.1) is 17.3 Å². The van der Waals surface area contributed by atoms with Crippen molar-refractivity contribution in [1.82, 2.24) is 0 Å². The van der Waals surface area contributed by atoms with Crippen molar-refractivity contribution in [2.45, 2.75) is 43.5 Å². The summed E-state index contributed by atoms with van der Waals surface area (Å²) in [5.74, 6) is 0.412. The summed E-state index contributed by atoms with van der Waals surface area (Å²) in [4.78, 5) is 25.4. The quantitative estimate of drug-likeness (QED) is 0.470. The number of benzene rings is 1. The molecule has 0 N–H and O–H groups in total. The van der Waals surface area contributed by atoms with Crippen LogP contribution < -0.4 is 4.46 Å². The van der Waals surface area contributed by atoms with E-state index in [1.807, 2.05) is 6.07 Å². The monoisotopic (exact) mass is 364 g/mol. The van der Waals surface area contributed by atoms with Crippen LogP contribution >= 0.6 is 0 Å². The number of fused-ring (bicyclic) bond motifs is 2. The molecule has 22 heavy (non-hydrogen) atoms. The minimum atomic E-state index is -0.788. The van der Waals surface area contributed by atoms with Crippen molar-refractivity contribution in [3.05, 3.63) is 30.3 Å². The van der Waals surface area contributed by atoms with Crippen molar-refractivity contribution in [3.63, 3.8) is 0 Å². The van der Waals surface area contributed by atoms with Crippen molar-refractivity contribution in [2.75, 3.05) is 0 Å². The van der Waals surface area contributed by atoms with Gasteiger partial charge in [0.05, 0.1) is 0 Å². The van der Waals surface area contributed by atoms with Crippen molar-refractivity contribution in [1.29, 1.82) is 0 Å². The van der Waals surface area contributed by atoms with Crippen molar-refractivity contribution in [3.8, 4) is 0 Å². The third kappa shape index (κ3) is 2.08.